The first-order valence-electron chi connectivity index (χ1n) is 10.0. The maximum absolute atomic E-state index is 7.63. The lowest BCUT2D eigenvalue weighted by Gasteiger charge is -2.04. The molecule has 0 atom stereocenters. The largest absolute Gasteiger partial charge is 0.437 e. The van der Waals surface area contributed by atoms with E-state index in [1.165, 1.54) is 0 Å². The van der Waals surface area contributed by atoms with Crippen LogP contribution in [0.3, 0.4) is 0 Å². The molecule has 0 aliphatic heterocycles. The van der Waals surface area contributed by atoms with E-state index in [0.29, 0.717) is 5.71 Å². The van der Waals surface area contributed by atoms with Crippen LogP contribution in [0, 0.1) is 13.8 Å². The number of nitrogens with zero attached hydrogens (tertiary/aromatic N) is 3. The fourth-order valence-corrected chi connectivity index (χ4v) is 3.92. The number of hydrogen-bond donors (Lipinski definition) is 0. The van der Waals surface area contributed by atoms with Crippen LogP contribution in [-0.4, -0.2) is 9.55 Å². The maximum atomic E-state index is 7.63. The highest BCUT2D eigenvalue weighted by Crippen LogP contribution is 2.37. The van der Waals surface area contributed by atoms with E-state index in [1.54, 1.807) is 12.1 Å². The van der Waals surface area contributed by atoms with Gasteiger partial charge in [0.15, 0.2) is 16.6 Å². The van der Waals surface area contributed by atoms with Gasteiger partial charge in [-0.15, -0.1) is 0 Å². The van der Waals surface area contributed by atoms with Crippen molar-refractivity contribution in [3.05, 3.63) is 59.8 Å². The molecular weight excluding hydrogens is 322 g/mol. The summed E-state index contributed by atoms with van der Waals surface area (Å²) in [4.78, 5) is 4.29. The van der Waals surface area contributed by atoms with Crippen molar-refractivity contribution in [2.45, 2.75) is 13.8 Å². The summed E-state index contributed by atoms with van der Waals surface area (Å²) in [5.41, 5.74) is 5.42. The number of fused-ring (bicyclic) bond motifs is 4. The van der Waals surface area contributed by atoms with E-state index in [1.807, 2.05) is 32.3 Å². The van der Waals surface area contributed by atoms with Gasteiger partial charge in [0.05, 0.1) is 14.1 Å². The number of benzene rings is 2. The molecule has 5 rings (SSSR count). The van der Waals surface area contributed by atoms with Gasteiger partial charge in [-0.1, -0.05) is 24.3 Å². The van der Waals surface area contributed by atoms with Crippen LogP contribution >= 0.6 is 0 Å². The molecule has 0 radical (unpaired) electrons. The highest BCUT2D eigenvalue weighted by atomic mass is 16.3. The molecular formula is C22H20N3O+. The van der Waals surface area contributed by atoms with Gasteiger partial charge in [0.1, 0.15) is 5.56 Å². The number of rotatable bonds is 1. The summed E-state index contributed by atoms with van der Waals surface area (Å²) in [5.74, 6) is 1.02. The van der Waals surface area contributed by atoms with Gasteiger partial charge in [0.25, 0.3) is 5.82 Å². The number of imidazole rings is 1. The Morgan fingerprint density at radius 1 is 1.08 bits per heavy atom. The van der Waals surface area contributed by atoms with E-state index in [4.69, 9.17) is 8.53 Å². The lowest BCUT2D eigenvalue weighted by molar-refractivity contribution is -0.634. The standard InChI is InChI=1S/C22H20N3O/c1-13-9-11-15-16-12-10-14(2)23-21(16)26-20(15)19(13)22-24(3)17-7-5-6-8-18(17)25(22)4/h5-12H,1-4H3/q+1/i2D3. The Morgan fingerprint density at radius 3 is 2.69 bits per heavy atom. The number of furan rings is 1. The third kappa shape index (κ3) is 1.90. The lowest BCUT2D eigenvalue weighted by Crippen LogP contribution is -2.30. The molecule has 0 amide bonds. The smallest absolute Gasteiger partial charge is 0.293 e. The summed E-state index contributed by atoms with van der Waals surface area (Å²) >= 11 is 0. The fraction of sp³-hybridized carbons (Fsp3) is 0.182. The van der Waals surface area contributed by atoms with Gasteiger partial charge in [-0.2, -0.15) is 0 Å². The lowest BCUT2D eigenvalue weighted by atomic mass is 10.0. The Bertz CT molecular complexity index is 1390. The average molecular weight is 345 g/mol. The van der Waals surface area contributed by atoms with E-state index >= 15 is 0 Å². The number of aryl methyl sites for hydroxylation is 4. The van der Waals surface area contributed by atoms with Crippen molar-refractivity contribution in [1.82, 2.24) is 9.55 Å². The Balaban J connectivity index is 1.89. The monoisotopic (exact) mass is 345 g/mol. The quantitative estimate of drug-likeness (QED) is 0.417. The van der Waals surface area contributed by atoms with Crippen molar-refractivity contribution < 1.29 is 13.1 Å². The minimum absolute atomic E-state index is 0.0393. The molecule has 4 nitrogen and oxygen atoms in total. The molecule has 3 aromatic heterocycles. The molecule has 0 fully saturated rings. The van der Waals surface area contributed by atoms with Crippen LogP contribution in [0.2, 0.25) is 0 Å². The summed E-state index contributed by atoms with van der Waals surface area (Å²) in [5, 5.41) is 1.74. The average Bonchev–Trinajstić information content (AvgIpc) is 3.17. The molecule has 5 aromatic rings. The third-order valence-electron chi connectivity index (χ3n) is 5.18. The van der Waals surface area contributed by atoms with Crippen molar-refractivity contribution in [2.75, 3.05) is 0 Å². The minimum atomic E-state index is -2.27. The molecule has 0 saturated carbocycles. The second kappa shape index (κ2) is 5.18. The van der Waals surface area contributed by atoms with Gasteiger partial charge in [-0.05, 0) is 43.6 Å². The molecule has 3 heterocycles. The SMILES string of the molecule is [2H]C([2H])([2H])c1ccc2c(n1)oc1c(-c3n(C)c4ccccc4[n+]3C)c(C)ccc12. The van der Waals surface area contributed by atoms with Crippen LogP contribution in [0.5, 0.6) is 0 Å². The highest BCUT2D eigenvalue weighted by Gasteiger charge is 2.27. The predicted octanol–water partition coefficient (Wildman–Crippen LogP) is 4.58. The number of aromatic nitrogens is 3. The third-order valence-corrected chi connectivity index (χ3v) is 5.18. The zero-order valence-corrected chi connectivity index (χ0v) is 14.9. The number of pyridine rings is 1. The van der Waals surface area contributed by atoms with Gasteiger partial charge in [0.2, 0.25) is 5.71 Å². The first kappa shape index (κ1) is 12.3. The molecule has 0 N–H and O–H groups in total. The molecule has 0 aliphatic carbocycles. The molecule has 128 valence electrons. The van der Waals surface area contributed by atoms with Crippen molar-refractivity contribution in [2.24, 2.45) is 14.1 Å². The normalized spacial score (nSPS) is 14.0. The molecule has 0 unspecified atom stereocenters. The van der Waals surface area contributed by atoms with Crippen molar-refractivity contribution in [1.29, 1.82) is 0 Å². The Kier molecular flexibility index (Phi) is 2.44. The maximum Gasteiger partial charge on any atom is 0.293 e. The van der Waals surface area contributed by atoms with Crippen molar-refractivity contribution in [3.63, 3.8) is 0 Å². The van der Waals surface area contributed by atoms with Gasteiger partial charge in [-0.25, -0.2) is 14.1 Å². The van der Waals surface area contributed by atoms with Gasteiger partial charge in [-0.3, -0.25) is 0 Å². The Hall–Kier alpha value is -3.14. The summed E-state index contributed by atoms with van der Waals surface area (Å²) in [6.45, 7) is -0.213. The Morgan fingerprint density at radius 2 is 1.88 bits per heavy atom. The van der Waals surface area contributed by atoms with Crippen LogP contribution < -0.4 is 4.57 Å². The summed E-state index contributed by atoms with van der Waals surface area (Å²) in [6, 6.07) is 15.7. The van der Waals surface area contributed by atoms with Crippen molar-refractivity contribution >= 4 is 33.1 Å². The minimum Gasteiger partial charge on any atom is -0.437 e. The van der Waals surface area contributed by atoms with Gasteiger partial charge < -0.3 is 4.42 Å². The van der Waals surface area contributed by atoms with Crippen LogP contribution in [0.1, 0.15) is 15.4 Å². The van der Waals surface area contributed by atoms with Crippen LogP contribution in [0.4, 0.5) is 0 Å². The van der Waals surface area contributed by atoms with Gasteiger partial charge in [0, 0.05) is 20.6 Å². The summed E-state index contributed by atoms with van der Waals surface area (Å²) in [7, 11) is 4.09. The topological polar surface area (TPSA) is 34.8 Å². The van der Waals surface area contributed by atoms with E-state index < -0.39 is 6.85 Å². The van der Waals surface area contributed by atoms with E-state index in [2.05, 4.69) is 39.2 Å². The zero-order chi connectivity index (χ0) is 20.5. The molecule has 2 aromatic carbocycles. The van der Waals surface area contributed by atoms with E-state index in [0.717, 1.165) is 44.3 Å². The first-order chi connectivity index (χ1) is 13.8. The predicted molar refractivity (Wildman–Crippen MR) is 104 cm³/mol. The first-order valence-corrected chi connectivity index (χ1v) is 8.54. The Labute approximate surface area is 155 Å². The number of para-hydroxylation sites is 2. The zero-order valence-electron chi connectivity index (χ0n) is 17.9. The molecule has 0 saturated heterocycles. The number of hydrogen-bond acceptors (Lipinski definition) is 2. The highest BCUT2D eigenvalue weighted by molar-refractivity contribution is 6.08. The van der Waals surface area contributed by atoms with E-state index in [-0.39, 0.29) is 5.69 Å². The molecule has 4 heteroatoms. The van der Waals surface area contributed by atoms with Crippen LogP contribution in [0.25, 0.3) is 44.5 Å². The van der Waals surface area contributed by atoms with E-state index in [9.17, 15) is 0 Å². The second-order valence-electron chi connectivity index (χ2n) is 6.72. The molecule has 0 bridgehead atoms. The molecule has 0 spiro atoms. The fourth-order valence-electron chi connectivity index (χ4n) is 3.92. The summed E-state index contributed by atoms with van der Waals surface area (Å²) < 4.78 is 33.4. The van der Waals surface area contributed by atoms with Crippen LogP contribution in [0.15, 0.2) is 52.9 Å². The second-order valence-corrected chi connectivity index (χ2v) is 6.72. The molecule has 0 aliphatic rings. The van der Waals surface area contributed by atoms with Crippen molar-refractivity contribution in [3.8, 4) is 11.4 Å². The van der Waals surface area contributed by atoms with Crippen LogP contribution in [-0.2, 0) is 14.1 Å². The van der Waals surface area contributed by atoms with Gasteiger partial charge >= 0.3 is 0 Å². The summed E-state index contributed by atoms with van der Waals surface area (Å²) in [6.07, 6.45) is 0. The molecule has 26 heavy (non-hydrogen) atoms.